The molecule has 1 unspecified atom stereocenters. The van der Waals surface area contributed by atoms with Crippen LogP contribution in [-0.2, 0) is 0 Å². The third-order valence-electron chi connectivity index (χ3n) is 2.91. The van der Waals surface area contributed by atoms with Crippen molar-refractivity contribution in [1.29, 1.82) is 0 Å². The van der Waals surface area contributed by atoms with E-state index in [0.717, 1.165) is 15.7 Å². The summed E-state index contributed by atoms with van der Waals surface area (Å²) in [6, 6.07) is 12.1. The van der Waals surface area contributed by atoms with Gasteiger partial charge in [-0.1, -0.05) is 23.7 Å². The minimum absolute atomic E-state index is 0.0127. The van der Waals surface area contributed by atoms with E-state index in [2.05, 4.69) is 26.0 Å². The van der Waals surface area contributed by atoms with Crippen molar-refractivity contribution in [3.63, 3.8) is 0 Å². The lowest BCUT2D eigenvalue weighted by atomic mass is 10.1. The highest BCUT2D eigenvalue weighted by molar-refractivity contribution is 9.10. The lowest BCUT2D eigenvalue weighted by Crippen LogP contribution is -2.07. The molecule has 0 radical (unpaired) electrons. The molecule has 0 aliphatic heterocycles. The van der Waals surface area contributed by atoms with Crippen LogP contribution < -0.4 is 10.1 Å². The molecule has 0 aliphatic rings. The number of anilines is 1. The highest BCUT2D eigenvalue weighted by Crippen LogP contribution is 2.28. The number of nitrogens with one attached hydrogen (secondary N) is 1. The molecule has 0 saturated heterocycles. The molecule has 112 valence electrons. The Morgan fingerprint density at radius 2 is 1.81 bits per heavy atom. The Bertz CT molecular complexity index is 607. The second-order valence-electron chi connectivity index (χ2n) is 4.44. The van der Waals surface area contributed by atoms with Gasteiger partial charge in [0.25, 0.3) is 0 Å². The molecule has 0 spiro atoms. The summed E-state index contributed by atoms with van der Waals surface area (Å²) in [4.78, 5) is 0. The lowest BCUT2D eigenvalue weighted by molar-refractivity contribution is -0.0498. The minimum Gasteiger partial charge on any atom is -0.435 e. The van der Waals surface area contributed by atoms with E-state index < -0.39 is 6.61 Å². The zero-order chi connectivity index (χ0) is 15.4. The zero-order valence-electron chi connectivity index (χ0n) is 11.1. The molecule has 0 bridgehead atoms. The Labute approximate surface area is 135 Å². The number of ether oxygens (including phenoxy) is 1. The first-order valence-corrected chi connectivity index (χ1v) is 7.39. The highest BCUT2D eigenvalue weighted by atomic mass is 79.9. The second-order valence-corrected chi connectivity index (χ2v) is 5.70. The van der Waals surface area contributed by atoms with Crippen LogP contribution in [0.1, 0.15) is 18.5 Å². The lowest BCUT2D eigenvalue weighted by Gasteiger charge is -2.16. The van der Waals surface area contributed by atoms with Gasteiger partial charge in [-0.25, -0.2) is 0 Å². The summed E-state index contributed by atoms with van der Waals surface area (Å²) < 4.78 is 29.3. The van der Waals surface area contributed by atoms with Gasteiger partial charge in [0.2, 0.25) is 0 Å². The maximum atomic E-state index is 12.1. The van der Waals surface area contributed by atoms with Crippen LogP contribution in [-0.4, -0.2) is 6.61 Å². The molecule has 0 fully saturated rings. The summed E-state index contributed by atoms with van der Waals surface area (Å²) >= 11 is 9.31. The van der Waals surface area contributed by atoms with Gasteiger partial charge in [-0.2, -0.15) is 8.78 Å². The van der Waals surface area contributed by atoms with E-state index in [1.54, 1.807) is 18.2 Å². The highest BCUT2D eigenvalue weighted by Gasteiger charge is 2.08. The van der Waals surface area contributed by atoms with Crippen molar-refractivity contribution in [2.75, 3.05) is 5.32 Å². The largest absolute Gasteiger partial charge is 0.435 e. The normalized spacial score (nSPS) is 12.3. The summed E-state index contributed by atoms with van der Waals surface area (Å²) in [5.41, 5.74) is 1.87. The Hall–Kier alpha value is -1.33. The Balaban J connectivity index is 2.05. The Kier molecular flexibility index (Phi) is 5.42. The quantitative estimate of drug-likeness (QED) is 0.704. The molecule has 21 heavy (non-hydrogen) atoms. The number of halogens is 4. The first-order chi connectivity index (χ1) is 9.95. The number of benzene rings is 2. The number of hydrogen-bond donors (Lipinski definition) is 1. The van der Waals surface area contributed by atoms with E-state index in [-0.39, 0.29) is 11.8 Å². The molecule has 2 nitrogen and oxygen atoms in total. The first-order valence-electron chi connectivity index (χ1n) is 6.22. The molecule has 0 aliphatic carbocycles. The van der Waals surface area contributed by atoms with Gasteiger partial charge < -0.3 is 10.1 Å². The van der Waals surface area contributed by atoms with Crippen LogP contribution >= 0.6 is 27.5 Å². The summed E-state index contributed by atoms with van der Waals surface area (Å²) in [5.74, 6) is 0.148. The van der Waals surface area contributed by atoms with Gasteiger partial charge >= 0.3 is 6.61 Å². The smallest absolute Gasteiger partial charge is 0.387 e. The molecule has 2 aromatic rings. The van der Waals surface area contributed by atoms with Crippen molar-refractivity contribution in [2.24, 2.45) is 0 Å². The summed E-state index contributed by atoms with van der Waals surface area (Å²) in [7, 11) is 0. The van der Waals surface area contributed by atoms with E-state index in [0.29, 0.717) is 5.02 Å². The third kappa shape index (κ3) is 4.58. The Morgan fingerprint density at radius 1 is 1.14 bits per heavy atom. The van der Waals surface area contributed by atoms with Gasteiger partial charge in [0.15, 0.2) is 0 Å². The molecule has 0 amide bonds. The Morgan fingerprint density at radius 3 is 2.38 bits per heavy atom. The van der Waals surface area contributed by atoms with E-state index in [1.165, 1.54) is 12.1 Å². The molecule has 1 N–H and O–H groups in total. The van der Waals surface area contributed by atoms with Gasteiger partial charge in [-0.05, 0) is 58.7 Å². The van der Waals surface area contributed by atoms with Gasteiger partial charge in [0, 0.05) is 16.2 Å². The molecule has 0 heterocycles. The fraction of sp³-hybridized carbons (Fsp3) is 0.200. The molecule has 0 aromatic heterocycles. The van der Waals surface area contributed by atoms with Crippen LogP contribution in [0.2, 0.25) is 5.02 Å². The number of alkyl halides is 2. The van der Waals surface area contributed by atoms with E-state index >= 15 is 0 Å². The molecular weight excluding hydrogens is 364 g/mol. The van der Waals surface area contributed by atoms with Crippen LogP contribution in [0.15, 0.2) is 46.9 Å². The van der Waals surface area contributed by atoms with Crippen molar-refractivity contribution in [3.8, 4) is 5.75 Å². The minimum atomic E-state index is -2.81. The van der Waals surface area contributed by atoms with Gasteiger partial charge in [0.05, 0.1) is 5.02 Å². The zero-order valence-corrected chi connectivity index (χ0v) is 13.5. The van der Waals surface area contributed by atoms with Gasteiger partial charge in [-0.15, -0.1) is 0 Å². The predicted octanol–water partition coefficient (Wildman–Crippen LogP) is 5.88. The van der Waals surface area contributed by atoms with Crippen molar-refractivity contribution in [3.05, 3.63) is 57.5 Å². The second kappa shape index (κ2) is 7.09. The number of hydrogen-bond acceptors (Lipinski definition) is 2. The van der Waals surface area contributed by atoms with E-state index in [4.69, 9.17) is 11.6 Å². The van der Waals surface area contributed by atoms with Crippen LogP contribution in [0.5, 0.6) is 5.75 Å². The maximum absolute atomic E-state index is 12.1. The summed E-state index contributed by atoms with van der Waals surface area (Å²) in [6.07, 6.45) is 0. The van der Waals surface area contributed by atoms with Crippen LogP contribution in [0.25, 0.3) is 0 Å². The van der Waals surface area contributed by atoms with Crippen LogP contribution in [0.4, 0.5) is 14.5 Å². The fourth-order valence-electron chi connectivity index (χ4n) is 1.86. The van der Waals surface area contributed by atoms with Crippen molar-refractivity contribution >= 4 is 33.2 Å². The third-order valence-corrected chi connectivity index (χ3v) is 4.12. The molecule has 2 aromatic carbocycles. The van der Waals surface area contributed by atoms with Crippen molar-refractivity contribution in [2.45, 2.75) is 19.6 Å². The van der Waals surface area contributed by atoms with Gasteiger partial charge in [0.1, 0.15) is 5.75 Å². The average Bonchev–Trinajstić information content (AvgIpc) is 2.43. The summed E-state index contributed by atoms with van der Waals surface area (Å²) in [5, 5.41) is 3.95. The van der Waals surface area contributed by atoms with E-state index in [1.807, 2.05) is 19.1 Å². The topological polar surface area (TPSA) is 21.3 Å². The van der Waals surface area contributed by atoms with Crippen molar-refractivity contribution in [1.82, 2.24) is 0 Å². The molecular formula is C15H13BrClF2NO. The molecule has 0 saturated carbocycles. The van der Waals surface area contributed by atoms with E-state index in [9.17, 15) is 8.78 Å². The SMILES string of the molecule is CC(Nc1ccc(Cl)c(Br)c1)c1ccc(OC(F)F)cc1. The average molecular weight is 377 g/mol. The fourth-order valence-corrected chi connectivity index (χ4v) is 2.35. The maximum Gasteiger partial charge on any atom is 0.387 e. The van der Waals surface area contributed by atoms with Crippen molar-refractivity contribution < 1.29 is 13.5 Å². The molecule has 1 atom stereocenters. The predicted molar refractivity (Wildman–Crippen MR) is 84.3 cm³/mol. The number of rotatable bonds is 5. The summed E-state index contributed by atoms with van der Waals surface area (Å²) in [6.45, 7) is -0.830. The first kappa shape index (κ1) is 16.0. The molecule has 2 rings (SSSR count). The molecule has 6 heteroatoms. The van der Waals surface area contributed by atoms with Gasteiger partial charge in [-0.3, -0.25) is 0 Å². The van der Waals surface area contributed by atoms with Crippen LogP contribution in [0, 0.1) is 0 Å². The van der Waals surface area contributed by atoms with Crippen LogP contribution in [0.3, 0.4) is 0 Å². The standard InChI is InChI=1S/C15H13BrClF2NO/c1-9(20-11-4-7-14(17)13(16)8-11)10-2-5-12(6-3-10)21-15(18)19/h2-9,15,20H,1H3. The monoisotopic (exact) mass is 375 g/mol.